The number of aromatic nitrogens is 1. The van der Waals surface area contributed by atoms with E-state index in [0.29, 0.717) is 12.3 Å². The van der Waals surface area contributed by atoms with Crippen molar-refractivity contribution in [2.24, 2.45) is 0 Å². The zero-order valence-corrected chi connectivity index (χ0v) is 9.21. The fraction of sp³-hybridized carbons (Fsp3) is 0.154. The smallest absolute Gasteiger partial charge is 0.185 e. The average Bonchev–Trinajstić information content (AvgIpc) is 2.38. The second kappa shape index (κ2) is 5.32. The first-order chi connectivity index (χ1) is 8.31. The van der Waals surface area contributed by atoms with Gasteiger partial charge in [0.15, 0.2) is 11.5 Å². The van der Waals surface area contributed by atoms with Crippen molar-refractivity contribution in [1.29, 1.82) is 0 Å². The van der Waals surface area contributed by atoms with Crippen LogP contribution in [0, 0.1) is 0 Å². The Balaban J connectivity index is 2.14. The molecule has 0 aliphatic carbocycles. The van der Waals surface area contributed by atoms with Gasteiger partial charge in [-0.05, 0) is 5.56 Å². The molecule has 4 nitrogen and oxygen atoms in total. The molecule has 4 heteroatoms. The standard InChI is InChI=1S/C13H13NO3/c15-8-11-13(12(16)6-7-14-11)17-9-10-4-2-1-3-5-10/h1-7,15H,8-9H2,(H,14,16). The van der Waals surface area contributed by atoms with Gasteiger partial charge in [0.2, 0.25) is 0 Å². The molecule has 2 N–H and O–H groups in total. The fourth-order valence-electron chi connectivity index (χ4n) is 1.48. The van der Waals surface area contributed by atoms with Crippen LogP contribution >= 0.6 is 0 Å². The second-order valence-electron chi connectivity index (χ2n) is 3.54. The average molecular weight is 231 g/mol. The minimum atomic E-state index is -0.265. The number of hydrogen-bond donors (Lipinski definition) is 2. The maximum atomic E-state index is 9.62. The number of aromatic hydroxyl groups is 1. The van der Waals surface area contributed by atoms with Crippen molar-refractivity contribution in [3.8, 4) is 11.5 Å². The summed E-state index contributed by atoms with van der Waals surface area (Å²) in [6.07, 6.45) is 1.43. The number of ether oxygens (including phenoxy) is 1. The Morgan fingerprint density at radius 1 is 1.12 bits per heavy atom. The molecule has 88 valence electrons. The van der Waals surface area contributed by atoms with Crippen LogP contribution < -0.4 is 4.74 Å². The predicted molar refractivity (Wildman–Crippen MR) is 62.6 cm³/mol. The Kier molecular flexibility index (Phi) is 3.57. The summed E-state index contributed by atoms with van der Waals surface area (Å²) in [6, 6.07) is 11.0. The summed E-state index contributed by atoms with van der Waals surface area (Å²) >= 11 is 0. The first-order valence-electron chi connectivity index (χ1n) is 5.25. The van der Waals surface area contributed by atoms with Crippen LogP contribution in [0.2, 0.25) is 0 Å². The maximum Gasteiger partial charge on any atom is 0.185 e. The number of pyridine rings is 1. The number of hydrogen-bond acceptors (Lipinski definition) is 4. The largest absolute Gasteiger partial charge is 0.504 e. The third kappa shape index (κ3) is 2.73. The topological polar surface area (TPSA) is 62.6 Å². The zero-order chi connectivity index (χ0) is 12.1. The van der Waals surface area contributed by atoms with Gasteiger partial charge in [-0.1, -0.05) is 30.3 Å². The molecule has 0 aliphatic rings. The Hall–Kier alpha value is -2.07. The van der Waals surface area contributed by atoms with Crippen LogP contribution in [0.4, 0.5) is 0 Å². The third-order valence-corrected chi connectivity index (χ3v) is 2.33. The highest BCUT2D eigenvalue weighted by atomic mass is 16.5. The minimum absolute atomic E-state index is 0.0139. The first kappa shape index (κ1) is 11.4. The molecule has 0 saturated carbocycles. The number of benzene rings is 1. The molecule has 0 bridgehead atoms. The maximum absolute atomic E-state index is 9.62. The highest BCUT2D eigenvalue weighted by Crippen LogP contribution is 2.28. The van der Waals surface area contributed by atoms with Gasteiger partial charge in [0, 0.05) is 12.3 Å². The predicted octanol–water partition coefficient (Wildman–Crippen LogP) is 1.86. The molecule has 0 aliphatic heterocycles. The van der Waals surface area contributed by atoms with Gasteiger partial charge in [-0.3, -0.25) is 4.98 Å². The summed E-state index contributed by atoms with van der Waals surface area (Å²) in [4.78, 5) is 3.94. The van der Waals surface area contributed by atoms with Gasteiger partial charge in [-0.2, -0.15) is 0 Å². The molecule has 0 atom stereocenters. The van der Waals surface area contributed by atoms with Crippen molar-refractivity contribution >= 4 is 0 Å². The molecular formula is C13H13NO3. The highest BCUT2D eigenvalue weighted by Gasteiger charge is 2.09. The van der Waals surface area contributed by atoms with Gasteiger partial charge >= 0.3 is 0 Å². The SMILES string of the molecule is OCc1nccc(O)c1OCc1ccccc1. The number of aliphatic hydroxyl groups excluding tert-OH is 1. The van der Waals surface area contributed by atoms with Crippen molar-refractivity contribution < 1.29 is 14.9 Å². The van der Waals surface area contributed by atoms with E-state index < -0.39 is 0 Å². The van der Waals surface area contributed by atoms with E-state index in [-0.39, 0.29) is 18.1 Å². The van der Waals surface area contributed by atoms with Crippen molar-refractivity contribution in [3.63, 3.8) is 0 Å². The Morgan fingerprint density at radius 2 is 1.88 bits per heavy atom. The van der Waals surface area contributed by atoms with Crippen LogP contribution in [-0.4, -0.2) is 15.2 Å². The second-order valence-corrected chi connectivity index (χ2v) is 3.54. The van der Waals surface area contributed by atoms with E-state index in [1.165, 1.54) is 12.3 Å². The molecule has 2 rings (SSSR count). The van der Waals surface area contributed by atoms with Gasteiger partial charge in [-0.25, -0.2) is 0 Å². The monoisotopic (exact) mass is 231 g/mol. The van der Waals surface area contributed by atoms with E-state index in [2.05, 4.69) is 4.98 Å². The van der Waals surface area contributed by atoms with Crippen LogP contribution in [0.5, 0.6) is 11.5 Å². The molecule has 0 amide bonds. The zero-order valence-electron chi connectivity index (χ0n) is 9.21. The number of rotatable bonds is 4. The van der Waals surface area contributed by atoms with Crippen molar-refractivity contribution in [2.75, 3.05) is 0 Å². The Labute approximate surface area is 99.1 Å². The lowest BCUT2D eigenvalue weighted by Gasteiger charge is -2.10. The summed E-state index contributed by atoms with van der Waals surface area (Å²) < 4.78 is 5.47. The van der Waals surface area contributed by atoms with Gasteiger partial charge in [0.25, 0.3) is 0 Å². The van der Waals surface area contributed by atoms with Gasteiger partial charge < -0.3 is 14.9 Å². The van der Waals surface area contributed by atoms with Crippen molar-refractivity contribution in [2.45, 2.75) is 13.2 Å². The molecule has 1 heterocycles. The molecule has 0 unspecified atom stereocenters. The quantitative estimate of drug-likeness (QED) is 0.843. The molecule has 0 radical (unpaired) electrons. The lowest BCUT2D eigenvalue weighted by Crippen LogP contribution is -2.00. The Bertz CT molecular complexity index is 485. The molecule has 0 spiro atoms. The van der Waals surface area contributed by atoms with E-state index in [1.54, 1.807) is 0 Å². The van der Waals surface area contributed by atoms with Crippen LogP contribution in [0.1, 0.15) is 11.3 Å². The van der Waals surface area contributed by atoms with Gasteiger partial charge in [0.05, 0.1) is 6.61 Å². The number of aliphatic hydroxyl groups is 1. The summed E-state index contributed by atoms with van der Waals surface area (Å²) in [7, 11) is 0. The molecule has 0 fully saturated rings. The first-order valence-corrected chi connectivity index (χ1v) is 5.25. The summed E-state index contributed by atoms with van der Waals surface area (Å²) in [6.45, 7) is 0.0611. The van der Waals surface area contributed by atoms with E-state index in [4.69, 9.17) is 9.84 Å². The molecule has 1 aromatic heterocycles. The lowest BCUT2D eigenvalue weighted by molar-refractivity contribution is 0.246. The van der Waals surface area contributed by atoms with E-state index in [0.717, 1.165) is 5.56 Å². The molecule has 2 aromatic rings. The summed E-state index contributed by atoms with van der Waals surface area (Å²) in [5.74, 6) is 0.221. The van der Waals surface area contributed by atoms with Crippen molar-refractivity contribution in [1.82, 2.24) is 4.98 Å². The normalized spacial score (nSPS) is 10.2. The van der Waals surface area contributed by atoms with E-state index in [9.17, 15) is 5.11 Å². The van der Waals surface area contributed by atoms with E-state index in [1.807, 2.05) is 30.3 Å². The fourth-order valence-corrected chi connectivity index (χ4v) is 1.48. The van der Waals surface area contributed by atoms with Gasteiger partial charge in [0.1, 0.15) is 12.3 Å². The van der Waals surface area contributed by atoms with Crippen LogP contribution in [0.3, 0.4) is 0 Å². The molecule has 1 aromatic carbocycles. The van der Waals surface area contributed by atoms with Crippen molar-refractivity contribution in [3.05, 3.63) is 53.9 Å². The summed E-state index contributed by atoms with van der Waals surface area (Å²) in [5.41, 5.74) is 1.32. The highest BCUT2D eigenvalue weighted by molar-refractivity contribution is 5.41. The van der Waals surface area contributed by atoms with Crippen LogP contribution in [0.25, 0.3) is 0 Å². The molecule has 0 saturated heterocycles. The number of nitrogens with zero attached hydrogens (tertiary/aromatic N) is 1. The van der Waals surface area contributed by atoms with Crippen LogP contribution in [-0.2, 0) is 13.2 Å². The summed E-state index contributed by atoms with van der Waals surface area (Å²) in [5, 5.41) is 18.7. The molecule has 17 heavy (non-hydrogen) atoms. The third-order valence-electron chi connectivity index (χ3n) is 2.33. The lowest BCUT2D eigenvalue weighted by atomic mass is 10.2. The minimum Gasteiger partial charge on any atom is -0.504 e. The molecular weight excluding hydrogens is 218 g/mol. The van der Waals surface area contributed by atoms with E-state index >= 15 is 0 Å². The van der Waals surface area contributed by atoms with Crippen LogP contribution in [0.15, 0.2) is 42.6 Å². The van der Waals surface area contributed by atoms with Gasteiger partial charge in [-0.15, -0.1) is 0 Å². The Morgan fingerprint density at radius 3 is 2.59 bits per heavy atom.